The Bertz CT molecular complexity index is 837. The number of rotatable bonds is 5. The lowest BCUT2D eigenvalue weighted by atomic mass is 10.2. The van der Waals surface area contributed by atoms with Crippen molar-refractivity contribution in [3.8, 4) is 17.1 Å². The lowest BCUT2D eigenvalue weighted by Crippen LogP contribution is -2.19. The van der Waals surface area contributed by atoms with Crippen molar-refractivity contribution >= 4 is 5.95 Å². The van der Waals surface area contributed by atoms with E-state index < -0.39 is 0 Å². The standard InChI is InChI=1S/C19H21N5O/c1-14-4-2-5-16(10-14)24-8-7-20-18(24)15-11-21-19(22-12-15)23-13-17-6-3-9-25-17/h2,4-5,7-8,10-12,17H,3,6,9,13H2,1H3,(H,21,22,23). The van der Waals surface area contributed by atoms with Gasteiger partial charge in [-0.1, -0.05) is 12.1 Å². The molecule has 0 bridgehead atoms. The monoisotopic (exact) mass is 335 g/mol. The molecule has 0 radical (unpaired) electrons. The van der Waals surface area contributed by atoms with Crippen molar-refractivity contribution in [2.45, 2.75) is 25.9 Å². The highest BCUT2D eigenvalue weighted by Crippen LogP contribution is 2.21. The highest BCUT2D eigenvalue weighted by molar-refractivity contribution is 5.57. The summed E-state index contributed by atoms with van der Waals surface area (Å²) in [4.78, 5) is 13.3. The lowest BCUT2D eigenvalue weighted by Gasteiger charge is -2.11. The molecule has 0 amide bonds. The Labute approximate surface area is 146 Å². The summed E-state index contributed by atoms with van der Waals surface area (Å²) < 4.78 is 7.65. The third-order valence-corrected chi connectivity index (χ3v) is 4.34. The summed E-state index contributed by atoms with van der Waals surface area (Å²) in [7, 11) is 0. The molecule has 1 aromatic carbocycles. The van der Waals surface area contributed by atoms with Gasteiger partial charge in [0.25, 0.3) is 0 Å². The zero-order chi connectivity index (χ0) is 17.1. The quantitative estimate of drug-likeness (QED) is 0.775. The molecule has 1 N–H and O–H groups in total. The summed E-state index contributed by atoms with van der Waals surface area (Å²) in [6, 6.07) is 8.32. The zero-order valence-corrected chi connectivity index (χ0v) is 14.2. The van der Waals surface area contributed by atoms with Crippen molar-refractivity contribution < 1.29 is 4.74 Å². The fourth-order valence-electron chi connectivity index (χ4n) is 3.05. The second-order valence-electron chi connectivity index (χ2n) is 6.27. The second kappa shape index (κ2) is 7.03. The van der Waals surface area contributed by atoms with Crippen LogP contribution in [0.15, 0.2) is 49.1 Å². The van der Waals surface area contributed by atoms with E-state index in [-0.39, 0.29) is 6.10 Å². The van der Waals surface area contributed by atoms with Crippen molar-refractivity contribution in [1.29, 1.82) is 0 Å². The minimum Gasteiger partial charge on any atom is -0.376 e. The number of aryl methyl sites for hydroxylation is 1. The molecule has 0 aliphatic carbocycles. The fourth-order valence-corrected chi connectivity index (χ4v) is 3.05. The summed E-state index contributed by atoms with van der Waals surface area (Å²) >= 11 is 0. The highest BCUT2D eigenvalue weighted by atomic mass is 16.5. The first-order chi connectivity index (χ1) is 12.3. The number of nitrogens with one attached hydrogen (secondary N) is 1. The number of aromatic nitrogens is 4. The van der Waals surface area contributed by atoms with E-state index in [1.54, 1.807) is 18.6 Å². The van der Waals surface area contributed by atoms with Gasteiger partial charge in [0.1, 0.15) is 5.82 Å². The molecule has 25 heavy (non-hydrogen) atoms. The van der Waals surface area contributed by atoms with Crippen LogP contribution in [0.1, 0.15) is 18.4 Å². The van der Waals surface area contributed by atoms with Crippen LogP contribution in [0.3, 0.4) is 0 Å². The number of nitrogens with zero attached hydrogens (tertiary/aromatic N) is 4. The van der Waals surface area contributed by atoms with Crippen LogP contribution in [0.25, 0.3) is 17.1 Å². The van der Waals surface area contributed by atoms with Crippen LogP contribution < -0.4 is 5.32 Å². The normalized spacial score (nSPS) is 16.9. The van der Waals surface area contributed by atoms with Crippen LogP contribution in [0.5, 0.6) is 0 Å². The molecule has 1 aliphatic heterocycles. The lowest BCUT2D eigenvalue weighted by molar-refractivity contribution is 0.120. The van der Waals surface area contributed by atoms with E-state index in [4.69, 9.17) is 4.74 Å². The van der Waals surface area contributed by atoms with E-state index >= 15 is 0 Å². The minimum atomic E-state index is 0.267. The summed E-state index contributed by atoms with van der Waals surface area (Å²) in [6.45, 7) is 3.68. The molecule has 1 atom stereocenters. The summed E-state index contributed by atoms with van der Waals surface area (Å²) in [5.74, 6) is 1.45. The average molecular weight is 335 g/mol. The van der Waals surface area contributed by atoms with E-state index in [0.717, 1.165) is 43.1 Å². The Hall–Kier alpha value is -2.73. The third kappa shape index (κ3) is 3.53. The number of ether oxygens (including phenoxy) is 1. The van der Waals surface area contributed by atoms with Gasteiger partial charge in [0.2, 0.25) is 5.95 Å². The van der Waals surface area contributed by atoms with Gasteiger partial charge < -0.3 is 10.1 Å². The molecule has 1 aliphatic rings. The van der Waals surface area contributed by atoms with Gasteiger partial charge in [-0.2, -0.15) is 0 Å². The van der Waals surface area contributed by atoms with Crippen LogP contribution in [-0.4, -0.2) is 38.8 Å². The Morgan fingerprint density at radius 3 is 2.88 bits per heavy atom. The van der Waals surface area contributed by atoms with E-state index in [2.05, 4.69) is 45.4 Å². The number of anilines is 1. The first-order valence-electron chi connectivity index (χ1n) is 8.58. The van der Waals surface area contributed by atoms with Gasteiger partial charge in [-0.15, -0.1) is 0 Å². The molecule has 128 valence electrons. The van der Waals surface area contributed by atoms with Crippen LogP contribution in [0.2, 0.25) is 0 Å². The number of imidazole rings is 1. The summed E-state index contributed by atoms with van der Waals surface area (Å²) in [5, 5.41) is 3.24. The highest BCUT2D eigenvalue weighted by Gasteiger charge is 2.15. The summed E-state index contributed by atoms with van der Waals surface area (Å²) in [5.41, 5.74) is 3.17. The molecule has 4 rings (SSSR count). The Morgan fingerprint density at radius 2 is 2.12 bits per heavy atom. The summed E-state index contributed by atoms with van der Waals surface area (Å²) in [6.07, 6.45) is 9.85. The Morgan fingerprint density at radius 1 is 1.24 bits per heavy atom. The van der Waals surface area contributed by atoms with Gasteiger partial charge in [-0.3, -0.25) is 4.57 Å². The van der Waals surface area contributed by atoms with E-state index in [0.29, 0.717) is 5.95 Å². The van der Waals surface area contributed by atoms with Crippen LogP contribution in [0, 0.1) is 6.92 Å². The maximum absolute atomic E-state index is 5.60. The maximum Gasteiger partial charge on any atom is 0.222 e. The third-order valence-electron chi connectivity index (χ3n) is 4.34. The molecule has 3 heterocycles. The van der Waals surface area contributed by atoms with Gasteiger partial charge in [0.05, 0.1) is 11.7 Å². The van der Waals surface area contributed by atoms with Crippen molar-refractivity contribution in [2.24, 2.45) is 0 Å². The van der Waals surface area contributed by atoms with E-state index in [1.165, 1.54) is 5.56 Å². The predicted octanol–water partition coefficient (Wildman–Crippen LogP) is 3.23. The van der Waals surface area contributed by atoms with Gasteiger partial charge in [-0.05, 0) is 37.5 Å². The molecule has 1 fully saturated rings. The SMILES string of the molecule is Cc1cccc(-n2ccnc2-c2cnc(NCC3CCCO3)nc2)c1. The van der Waals surface area contributed by atoms with Gasteiger partial charge in [0, 0.05) is 43.6 Å². The molecule has 2 aromatic heterocycles. The number of hydrogen-bond donors (Lipinski definition) is 1. The Kier molecular flexibility index (Phi) is 4.43. The van der Waals surface area contributed by atoms with Crippen LogP contribution in [-0.2, 0) is 4.74 Å². The maximum atomic E-state index is 5.60. The molecular weight excluding hydrogens is 314 g/mol. The molecule has 1 saturated heterocycles. The second-order valence-corrected chi connectivity index (χ2v) is 6.27. The smallest absolute Gasteiger partial charge is 0.222 e. The number of hydrogen-bond acceptors (Lipinski definition) is 5. The molecule has 6 heteroatoms. The van der Waals surface area contributed by atoms with Crippen LogP contribution in [0.4, 0.5) is 5.95 Å². The Balaban J connectivity index is 1.52. The van der Waals surface area contributed by atoms with Crippen LogP contribution >= 0.6 is 0 Å². The predicted molar refractivity (Wildman–Crippen MR) is 96.8 cm³/mol. The van der Waals surface area contributed by atoms with E-state index in [1.807, 2.05) is 16.8 Å². The van der Waals surface area contributed by atoms with Crippen molar-refractivity contribution in [3.05, 3.63) is 54.6 Å². The van der Waals surface area contributed by atoms with Crippen molar-refractivity contribution in [2.75, 3.05) is 18.5 Å². The first-order valence-corrected chi connectivity index (χ1v) is 8.58. The minimum absolute atomic E-state index is 0.267. The molecule has 0 spiro atoms. The topological polar surface area (TPSA) is 64.9 Å². The molecule has 1 unspecified atom stereocenters. The molecule has 3 aromatic rings. The zero-order valence-electron chi connectivity index (χ0n) is 14.2. The largest absolute Gasteiger partial charge is 0.376 e. The van der Waals surface area contributed by atoms with Crippen molar-refractivity contribution in [1.82, 2.24) is 19.5 Å². The molecule has 0 saturated carbocycles. The van der Waals surface area contributed by atoms with E-state index in [9.17, 15) is 0 Å². The first kappa shape index (κ1) is 15.8. The molecule has 6 nitrogen and oxygen atoms in total. The van der Waals surface area contributed by atoms with Gasteiger partial charge in [0.15, 0.2) is 0 Å². The fraction of sp³-hybridized carbons (Fsp3) is 0.316. The average Bonchev–Trinajstić information content (AvgIpc) is 3.32. The van der Waals surface area contributed by atoms with Gasteiger partial charge >= 0.3 is 0 Å². The van der Waals surface area contributed by atoms with Crippen molar-refractivity contribution in [3.63, 3.8) is 0 Å². The molecular formula is C19H21N5O. The number of benzene rings is 1. The van der Waals surface area contributed by atoms with Gasteiger partial charge in [-0.25, -0.2) is 15.0 Å².